The maximum absolute atomic E-state index is 2.43. The highest BCUT2D eigenvalue weighted by molar-refractivity contribution is 7.26. The number of rotatable bonds is 6. The Morgan fingerprint density at radius 1 is 0.382 bits per heavy atom. The Balaban J connectivity index is 1.08. The number of benzene rings is 9. The van der Waals surface area contributed by atoms with Gasteiger partial charge in [0.2, 0.25) is 0 Å². The Hall–Kier alpha value is -6.94. The summed E-state index contributed by atoms with van der Waals surface area (Å²) in [6.07, 6.45) is 0. The monoisotopic (exact) mass is 718 g/mol. The van der Waals surface area contributed by atoms with Crippen molar-refractivity contribution in [2.24, 2.45) is 0 Å². The summed E-state index contributed by atoms with van der Waals surface area (Å²) in [7, 11) is 0. The summed E-state index contributed by atoms with van der Waals surface area (Å²) < 4.78 is 5.06. The van der Waals surface area contributed by atoms with E-state index in [2.05, 4.69) is 216 Å². The second-order valence-corrected chi connectivity index (χ2v) is 15.2. The summed E-state index contributed by atoms with van der Waals surface area (Å²) in [5.74, 6) is 0. The normalized spacial score (nSPS) is 11.6. The molecular formula is C52H34N2S. The average molecular weight is 719 g/mol. The van der Waals surface area contributed by atoms with Crippen LogP contribution in [0.1, 0.15) is 0 Å². The van der Waals surface area contributed by atoms with Crippen molar-refractivity contribution >= 4 is 81.1 Å². The molecule has 0 spiro atoms. The minimum atomic E-state index is 1.10. The zero-order valence-corrected chi connectivity index (χ0v) is 30.7. The van der Waals surface area contributed by atoms with Crippen LogP contribution in [0.5, 0.6) is 0 Å². The van der Waals surface area contributed by atoms with Crippen molar-refractivity contribution in [3.05, 3.63) is 206 Å². The van der Waals surface area contributed by atoms with Gasteiger partial charge in [-0.25, -0.2) is 0 Å². The maximum atomic E-state index is 2.43. The van der Waals surface area contributed by atoms with Crippen molar-refractivity contribution in [1.29, 1.82) is 0 Å². The van der Waals surface area contributed by atoms with E-state index in [4.69, 9.17) is 0 Å². The zero-order chi connectivity index (χ0) is 36.3. The molecule has 11 aromatic rings. The maximum Gasteiger partial charge on any atom is 0.0562 e. The SMILES string of the molecule is c1ccc(-c2cccc(N(c3ccc(-c4ccc5c(c4)sc4c6ccccc6ccc54)cc3)c3cccc4c3c3ccccc3n4-c3ccccc3)c2)cc1. The predicted octanol–water partition coefficient (Wildman–Crippen LogP) is 15.1. The molecule has 0 aliphatic carbocycles. The third-order valence-electron chi connectivity index (χ3n) is 11.0. The Bertz CT molecular complexity index is 3190. The van der Waals surface area contributed by atoms with Crippen molar-refractivity contribution in [3.63, 3.8) is 0 Å². The molecule has 3 heteroatoms. The lowest BCUT2D eigenvalue weighted by Gasteiger charge is -2.27. The number of nitrogens with zero attached hydrogens (tertiary/aromatic N) is 2. The number of hydrogen-bond donors (Lipinski definition) is 0. The fraction of sp³-hybridized carbons (Fsp3) is 0. The predicted molar refractivity (Wildman–Crippen MR) is 237 cm³/mol. The van der Waals surface area contributed by atoms with E-state index in [1.807, 2.05) is 11.3 Å². The molecule has 9 aromatic carbocycles. The Kier molecular flexibility index (Phi) is 7.39. The molecule has 0 bridgehead atoms. The molecule has 2 aromatic heterocycles. The van der Waals surface area contributed by atoms with Gasteiger partial charge < -0.3 is 9.47 Å². The van der Waals surface area contributed by atoms with Gasteiger partial charge in [-0.2, -0.15) is 0 Å². The first-order valence-corrected chi connectivity index (χ1v) is 19.6. The van der Waals surface area contributed by atoms with E-state index in [1.54, 1.807) is 0 Å². The fourth-order valence-electron chi connectivity index (χ4n) is 8.41. The molecule has 258 valence electrons. The molecule has 2 heterocycles. The van der Waals surface area contributed by atoms with Gasteiger partial charge in [0.15, 0.2) is 0 Å². The van der Waals surface area contributed by atoms with Crippen LogP contribution in [0.4, 0.5) is 17.1 Å². The summed E-state index contributed by atoms with van der Waals surface area (Å²) in [4.78, 5) is 2.43. The number of hydrogen-bond acceptors (Lipinski definition) is 2. The van der Waals surface area contributed by atoms with Gasteiger partial charge in [-0.05, 0) is 93.7 Å². The molecule has 0 radical (unpaired) electrons. The van der Waals surface area contributed by atoms with Crippen molar-refractivity contribution in [2.45, 2.75) is 0 Å². The van der Waals surface area contributed by atoms with E-state index >= 15 is 0 Å². The standard InChI is InChI=1S/C52H34N2S/c1-3-13-35(14-4-1)38-16-11-19-42(33-38)53(48-23-12-24-49-51(48)46-21-9-10-22-47(46)54(49)40-17-5-2-6-18-40)41-29-25-36(26-30-41)39-28-31-44-45-32-27-37-15-7-8-20-43(37)52(45)55-50(44)34-39/h1-34H. The van der Waals surface area contributed by atoms with Crippen molar-refractivity contribution in [1.82, 2.24) is 4.57 Å². The largest absolute Gasteiger partial charge is 0.310 e. The molecule has 0 saturated heterocycles. The lowest BCUT2D eigenvalue weighted by atomic mass is 10.0. The lowest BCUT2D eigenvalue weighted by Crippen LogP contribution is -2.10. The Morgan fingerprint density at radius 2 is 1.02 bits per heavy atom. The molecule has 0 N–H and O–H groups in total. The highest BCUT2D eigenvalue weighted by Crippen LogP contribution is 2.45. The molecule has 11 rings (SSSR count). The van der Waals surface area contributed by atoms with Gasteiger partial charge in [-0.3, -0.25) is 0 Å². The van der Waals surface area contributed by atoms with Crippen LogP contribution in [0.15, 0.2) is 206 Å². The third kappa shape index (κ3) is 5.24. The fourth-order valence-corrected chi connectivity index (χ4v) is 9.69. The third-order valence-corrected chi connectivity index (χ3v) is 12.2. The van der Waals surface area contributed by atoms with Crippen LogP contribution in [0.2, 0.25) is 0 Å². The quantitative estimate of drug-likeness (QED) is 0.166. The van der Waals surface area contributed by atoms with Gasteiger partial charge in [-0.15, -0.1) is 11.3 Å². The van der Waals surface area contributed by atoms with Gasteiger partial charge >= 0.3 is 0 Å². The molecular weight excluding hydrogens is 685 g/mol. The minimum absolute atomic E-state index is 1.10. The van der Waals surface area contributed by atoms with Crippen molar-refractivity contribution < 1.29 is 0 Å². The summed E-state index contributed by atoms with van der Waals surface area (Å²) in [5, 5.41) is 7.71. The van der Waals surface area contributed by atoms with Gasteiger partial charge in [0.25, 0.3) is 0 Å². The molecule has 55 heavy (non-hydrogen) atoms. The highest BCUT2D eigenvalue weighted by atomic mass is 32.1. The van der Waals surface area contributed by atoms with Crippen molar-refractivity contribution in [3.8, 4) is 27.9 Å². The Morgan fingerprint density at radius 3 is 1.87 bits per heavy atom. The molecule has 0 fully saturated rings. The average Bonchev–Trinajstić information content (AvgIpc) is 3.81. The van der Waals surface area contributed by atoms with E-state index < -0.39 is 0 Å². The van der Waals surface area contributed by atoms with Crippen LogP contribution in [0.3, 0.4) is 0 Å². The molecule has 0 aliphatic heterocycles. The molecule has 0 unspecified atom stereocenters. The number of aromatic nitrogens is 1. The number of fused-ring (bicyclic) bond motifs is 8. The molecule has 0 saturated carbocycles. The van der Waals surface area contributed by atoms with Gasteiger partial charge in [-0.1, -0.05) is 146 Å². The zero-order valence-electron chi connectivity index (χ0n) is 29.9. The van der Waals surface area contributed by atoms with Crippen molar-refractivity contribution in [2.75, 3.05) is 4.90 Å². The van der Waals surface area contributed by atoms with Crippen LogP contribution in [-0.4, -0.2) is 4.57 Å². The first-order valence-electron chi connectivity index (χ1n) is 18.8. The van der Waals surface area contributed by atoms with E-state index in [1.165, 1.54) is 75.0 Å². The summed E-state index contributed by atoms with van der Waals surface area (Å²) in [5.41, 5.74) is 11.7. The van der Waals surface area contributed by atoms with Crippen LogP contribution in [-0.2, 0) is 0 Å². The number of para-hydroxylation sites is 2. The molecule has 0 atom stereocenters. The van der Waals surface area contributed by atoms with E-state index in [0.29, 0.717) is 0 Å². The van der Waals surface area contributed by atoms with E-state index in [-0.39, 0.29) is 0 Å². The summed E-state index contributed by atoms with van der Waals surface area (Å²) >= 11 is 1.89. The molecule has 0 aliphatic rings. The van der Waals surface area contributed by atoms with Crippen LogP contribution < -0.4 is 4.90 Å². The first kappa shape index (κ1) is 31.6. The summed E-state index contributed by atoms with van der Waals surface area (Å²) in [6.45, 7) is 0. The second-order valence-electron chi connectivity index (χ2n) is 14.1. The smallest absolute Gasteiger partial charge is 0.0562 e. The number of thiophene rings is 1. The topological polar surface area (TPSA) is 8.17 Å². The van der Waals surface area contributed by atoms with Crippen LogP contribution >= 0.6 is 11.3 Å². The van der Waals surface area contributed by atoms with E-state index in [9.17, 15) is 0 Å². The highest BCUT2D eigenvalue weighted by Gasteiger charge is 2.21. The summed E-state index contributed by atoms with van der Waals surface area (Å²) in [6, 6.07) is 75.1. The van der Waals surface area contributed by atoms with Crippen LogP contribution in [0.25, 0.3) is 80.7 Å². The molecule has 2 nitrogen and oxygen atoms in total. The van der Waals surface area contributed by atoms with Crippen LogP contribution in [0, 0.1) is 0 Å². The Labute approximate surface area is 323 Å². The van der Waals surface area contributed by atoms with E-state index in [0.717, 1.165) is 22.7 Å². The van der Waals surface area contributed by atoms with Gasteiger partial charge in [0, 0.05) is 48.0 Å². The lowest BCUT2D eigenvalue weighted by molar-refractivity contribution is 1.18. The number of anilines is 3. The minimum Gasteiger partial charge on any atom is -0.310 e. The second kappa shape index (κ2) is 12.9. The molecule has 0 amide bonds. The van der Waals surface area contributed by atoms with Gasteiger partial charge in [0.1, 0.15) is 0 Å². The first-order chi connectivity index (χ1) is 27.3. The van der Waals surface area contributed by atoms with Gasteiger partial charge in [0.05, 0.1) is 16.7 Å².